The summed E-state index contributed by atoms with van der Waals surface area (Å²) in [5, 5.41) is 11.2. The number of hydrogen-bond donors (Lipinski definition) is 1. The highest BCUT2D eigenvalue weighted by molar-refractivity contribution is 5.77. The van der Waals surface area contributed by atoms with Crippen LogP contribution in [0.15, 0.2) is 42.5 Å². The summed E-state index contributed by atoms with van der Waals surface area (Å²) < 4.78 is 24.0. The predicted octanol–water partition coefficient (Wildman–Crippen LogP) is 2.99. The van der Waals surface area contributed by atoms with Crippen molar-refractivity contribution in [2.45, 2.75) is 19.4 Å². The van der Waals surface area contributed by atoms with Gasteiger partial charge in [0.15, 0.2) is 0 Å². The first-order chi connectivity index (χ1) is 12.1. The highest BCUT2D eigenvalue weighted by atomic mass is 19.1. The summed E-state index contributed by atoms with van der Waals surface area (Å²) in [6.07, 6.45) is 0.399. The molecule has 2 aromatic rings. The number of carbonyl (C=O) groups excluding carboxylic acids is 1. The molecule has 0 aliphatic heterocycles. The molecule has 0 fully saturated rings. The molecule has 5 nitrogen and oxygen atoms in total. The number of methoxy groups -OCH3 is 1. The Labute approximate surface area is 146 Å². The highest BCUT2D eigenvalue weighted by Crippen LogP contribution is 2.26. The molecule has 0 saturated carbocycles. The van der Waals surface area contributed by atoms with Gasteiger partial charge in [0.25, 0.3) is 0 Å². The molecule has 0 saturated heterocycles. The number of amides is 1. The number of benzene rings is 2. The van der Waals surface area contributed by atoms with Gasteiger partial charge in [-0.3, -0.25) is 4.79 Å². The van der Waals surface area contributed by atoms with E-state index < -0.39 is 0 Å². The van der Waals surface area contributed by atoms with Crippen LogP contribution in [0.4, 0.5) is 4.39 Å². The van der Waals surface area contributed by atoms with Crippen LogP contribution in [0.5, 0.6) is 11.5 Å². The number of nitriles is 1. The first-order valence-corrected chi connectivity index (χ1v) is 7.80. The van der Waals surface area contributed by atoms with Crippen molar-refractivity contribution >= 4 is 5.91 Å². The second-order valence-corrected chi connectivity index (χ2v) is 5.32. The zero-order chi connectivity index (χ0) is 18.1. The molecular weight excluding hydrogens is 323 g/mol. The highest BCUT2D eigenvalue weighted by Gasteiger charge is 2.08. The van der Waals surface area contributed by atoms with Crippen LogP contribution in [0.25, 0.3) is 0 Å². The molecule has 0 aliphatic rings. The fourth-order valence-corrected chi connectivity index (χ4v) is 2.22. The lowest BCUT2D eigenvalue weighted by molar-refractivity contribution is -0.120. The smallest absolute Gasteiger partial charge is 0.234 e. The standard InChI is InChI=1S/C19H19FN2O3/c1-24-17-7-4-15(9-11-22-19(23)8-10-21)18(12-17)25-13-14-2-5-16(20)6-3-14/h2-7,12H,8-9,11,13H2,1H3,(H,22,23). The van der Waals surface area contributed by atoms with Gasteiger partial charge in [0, 0.05) is 12.6 Å². The lowest BCUT2D eigenvalue weighted by Gasteiger charge is -2.13. The van der Waals surface area contributed by atoms with Crippen LogP contribution >= 0.6 is 0 Å². The molecule has 25 heavy (non-hydrogen) atoms. The van der Waals surface area contributed by atoms with Gasteiger partial charge in [-0.15, -0.1) is 0 Å². The molecule has 0 bridgehead atoms. The van der Waals surface area contributed by atoms with Gasteiger partial charge in [0.2, 0.25) is 5.91 Å². The summed E-state index contributed by atoms with van der Waals surface area (Å²) in [6, 6.07) is 13.4. The summed E-state index contributed by atoms with van der Waals surface area (Å²) in [7, 11) is 1.57. The van der Waals surface area contributed by atoms with Crippen LogP contribution < -0.4 is 14.8 Å². The summed E-state index contributed by atoms with van der Waals surface area (Å²) in [5.74, 6) is 0.702. The van der Waals surface area contributed by atoms with E-state index in [9.17, 15) is 9.18 Å². The number of ether oxygens (including phenoxy) is 2. The van der Waals surface area contributed by atoms with Gasteiger partial charge in [-0.1, -0.05) is 18.2 Å². The maximum atomic E-state index is 13.0. The lowest BCUT2D eigenvalue weighted by Crippen LogP contribution is -2.25. The van der Waals surface area contributed by atoms with Gasteiger partial charge >= 0.3 is 0 Å². The third kappa shape index (κ3) is 5.81. The monoisotopic (exact) mass is 342 g/mol. The van der Waals surface area contributed by atoms with Crippen LogP contribution in [0.2, 0.25) is 0 Å². The molecule has 0 unspecified atom stereocenters. The average molecular weight is 342 g/mol. The van der Waals surface area contributed by atoms with E-state index in [1.807, 2.05) is 12.1 Å². The average Bonchev–Trinajstić information content (AvgIpc) is 2.62. The van der Waals surface area contributed by atoms with Crippen molar-refractivity contribution in [2.24, 2.45) is 0 Å². The predicted molar refractivity (Wildman–Crippen MR) is 90.7 cm³/mol. The van der Waals surface area contributed by atoms with E-state index in [1.54, 1.807) is 31.4 Å². The summed E-state index contributed by atoms with van der Waals surface area (Å²) in [6.45, 7) is 0.695. The second-order valence-electron chi connectivity index (χ2n) is 5.32. The zero-order valence-electron chi connectivity index (χ0n) is 13.9. The summed E-state index contributed by atoms with van der Waals surface area (Å²) in [4.78, 5) is 11.3. The molecule has 1 amide bonds. The quantitative estimate of drug-likeness (QED) is 0.800. The van der Waals surface area contributed by atoms with E-state index in [1.165, 1.54) is 12.1 Å². The number of nitrogens with zero attached hydrogens (tertiary/aromatic N) is 1. The van der Waals surface area contributed by atoms with E-state index >= 15 is 0 Å². The Morgan fingerprint density at radius 2 is 2.00 bits per heavy atom. The molecule has 0 atom stereocenters. The Morgan fingerprint density at radius 3 is 2.68 bits per heavy atom. The molecular formula is C19H19FN2O3. The first kappa shape index (κ1) is 18.3. The Balaban J connectivity index is 2.02. The van der Waals surface area contributed by atoms with E-state index in [4.69, 9.17) is 14.7 Å². The van der Waals surface area contributed by atoms with Crippen LogP contribution in [-0.4, -0.2) is 19.6 Å². The second kappa shape index (κ2) is 9.28. The Kier molecular flexibility index (Phi) is 6.78. The van der Waals surface area contributed by atoms with Gasteiger partial charge in [-0.05, 0) is 35.7 Å². The van der Waals surface area contributed by atoms with Crippen LogP contribution in [-0.2, 0) is 17.8 Å². The molecule has 0 spiro atoms. The largest absolute Gasteiger partial charge is 0.497 e. The number of rotatable bonds is 8. The maximum absolute atomic E-state index is 13.0. The van der Waals surface area contributed by atoms with Crippen molar-refractivity contribution < 1.29 is 18.7 Å². The van der Waals surface area contributed by atoms with Gasteiger partial charge in [0.05, 0.1) is 13.2 Å². The lowest BCUT2D eigenvalue weighted by atomic mass is 10.1. The van der Waals surface area contributed by atoms with E-state index in [2.05, 4.69) is 5.32 Å². The zero-order valence-corrected chi connectivity index (χ0v) is 13.9. The van der Waals surface area contributed by atoms with Gasteiger partial charge in [-0.25, -0.2) is 4.39 Å². The number of hydrogen-bond acceptors (Lipinski definition) is 4. The van der Waals surface area contributed by atoms with Crippen molar-refractivity contribution in [3.63, 3.8) is 0 Å². The fraction of sp³-hybridized carbons (Fsp3) is 0.263. The molecule has 0 radical (unpaired) electrons. The topological polar surface area (TPSA) is 71.3 Å². The Bertz CT molecular complexity index is 754. The Morgan fingerprint density at radius 1 is 1.24 bits per heavy atom. The van der Waals surface area contributed by atoms with Crippen molar-refractivity contribution in [3.8, 4) is 17.6 Å². The van der Waals surface area contributed by atoms with E-state index in [0.717, 1.165) is 11.1 Å². The van der Waals surface area contributed by atoms with Gasteiger partial charge in [-0.2, -0.15) is 5.26 Å². The molecule has 6 heteroatoms. The minimum atomic E-state index is -0.301. The van der Waals surface area contributed by atoms with Crippen LogP contribution in [0.1, 0.15) is 17.5 Å². The molecule has 2 aromatic carbocycles. The summed E-state index contributed by atoms with van der Waals surface area (Å²) >= 11 is 0. The normalized spacial score (nSPS) is 9.96. The Hall–Kier alpha value is -3.07. The maximum Gasteiger partial charge on any atom is 0.234 e. The first-order valence-electron chi connectivity index (χ1n) is 7.80. The van der Waals surface area contributed by atoms with Crippen molar-refractivity contribution in [1.29, 1.82) is 5.26 Å². The molecule has 0 aromatic heterocycles. The SMILES string of the molecule is COc1ccc(CCNC(=O)CC#N)c(OCc2ccc(F)cc2)c1. The minimum Gasteiger partial charge on any atom is -0.497 e. The number of halogens is 1. The van der Waals surface area contributed by atoms with Crippen LogP contribution in [0.3, 0.4) is 0 Å². The minimum absolute atomic E-state index is 0.156. The van der Waals surface area contributed by atoms with Crippen molar-refractivity contribution in [1.82, 2.24) is 5.32 Å². The molecule has 0 aliphatic carbocycles. The summed E-state index contributed by atoms with van der Waals surface area (Å²) in [5.41, 5.74) is 1.75. The third-order valence-electron chi connectivity index (χ3n) is 3.54. The van der Waals surface area contributed by atoms with E-state index in [-0.39, 0.29) is 18.1 Å². The van der Waals surface area contributed by atoms with Gasteiger partial charge in [0.1, 0.15) is 30.3 Å². The number of carbonyl (C=O) groups is 1. The van der Waals surface area contributed by atoms with E-state index in [0.29, 0.717) is 31.1 Å². The number of nitrogens with one attached hydrogen (secondary N) is 1. The molecule has 2 rings (SSSR count). The van der Waals surface area contributed by atoms with Crippen LogP contribution in [0, 0.1) is 17.1 Å². The fourth-order valence-electron chi connectivity index (χ4n) is 2.22. The molecule has 130 valence electrons. The van der Waals surface area contributed by atoms with Crippen molar-refractivity contribution in [2.75, 3.05) is 13.7 Å². The third-order valence-corrected chi connectivity index (χ3v) is 3.54. The molecule has 0 heterocycles. The van der Waals surface area contributed by atoms with Crippen molar-refractivity contribution in [3.05, 3.63) is 59.4 Å². The van der Waals surface area contributed by atoms with Gasteiger partial charge < -0.3 is 14.8 Å². The molecule has 1 N–H and O–H groups in total.